The molecule has 0 aliphatic heterocycles. The maximum Gasteiger partial charge on any atom is 0.313 e. The zero-order chi connectivity index (χ0) is 19.1. The van der Waals surface area contributed by atoms with E-state index < -0.39 is 17.9 Å². The SMILES string of the molecule is COc1cccc(NC(=O)C(=O)NC(c2ccccc2)c2ccccc2)c1. The lowest BCUT2D eigenvalue weighted by Crippen LogP contribution is -2.38. The van der Waals surface area contributed by atoms with Crippen molar-refractivity contribution in [1.82, 2.24) is 5.32 Å². The first-order chi connectivity index (χ1) is 13.2. The van der Waals surface area contributed by atoms with Gasteiger partial charge in [0.2, 0.25) is 0 Å². The summed E-state index contributed by atoms with van der Waals surface area (Å²) in [5.74, 6) is -0.852. The van der Waals surface area contributed by atoms with Crippen LogP contribution in [0.25, 0.3) is 0 Å². The average Bonchev–Trinajstić information content (AvgIpc) is 2.73. The van der Waals surface area contributed by atoms with Crippen molar-refractivity contribution in [3.8, 4) is 5.75 Å². The maximum absolute atomic E-state index is 12.5. The predicted octanol–water partition coefficient (Wildman–Crippen LogP) is 3.54. The highest BCUT2D eigenvalue weighted by Gasteiger charge is 2.21. The fourth-order valence-electron chi connectivity index (χ4n) is 2.74. The molecule has 0 saturated carbocycles. The van der Waals surface area contributed by atoms with Crippen molar-refractivity contribution < 1.29 is 14.3 Å². The van der Waals surface area contributed by atoms with E-state index in [1.165, 1.54) is 7.11 Å². The van der Waals surface area contributed by atoms with Gasteiger partial charge in [-0.25, -0.2) is 0 Å². The second-order valence-electron chi connectivity index (χ2n) is 5.91. The molecule has 3 aromatic carbocycles. The van der Waals surface area contributed by atoms with Crippen molar-refractivity contribution in [3.05, 3.63) is 96.1 Å². The fourth-order valence-corrected chi connectivity index (χ4v) is 2.74. The highest BCUT2D eigenvalue weighted by atomic mass is 16.5. The number of benzene rings is 3. The van der Waals surface area contributed by atoms with Crippen molar-refractivity contribution in [3.63, 3.8) is 0 Å². The van der Waals surface area contributed by atoms with E-state index in [2.05, 4.69) is 10.6 Å². The van der Waals surface area contributed by atoms with Gasteiger partial charge in [-0.3, -0.25) is 9.59 Å². The summed E-state index contributed by atoms with van der Waals surface area (Å²) in [6.45, 7) is 0. The van der Waals surface area contributed by atoms with Crippen molar-refractivity contribution in [2.45, 2.75) is 6.04 Å². The molecule has 0 aliphatic carbocycles. The Morgan fingerprint density at radius 1 is 0.778 bits per heavy atom. The fraction of sp³-hybridized carbons (Fsp3) is 0.0909. The summed E-state index contributed by atoms with van der Waals surface area (Å²) in [6.07, 6.45) is 0. The van der Waals surface area contributed by atoms with Crippen LogP contribution >= 0.6 is 0 Å². The number of rotatable bonds is 5. The van der Waals surface area contributed by atoms with Gasteiger partial charge in [0, 0.05) is 11.8 Å². The number of amides is 2. The molecule has 0 bridgehead atoms. The Kier molecular flexibility index (Phi) is 5.84. The molecule has 2 N–H and O–H groups in total. The number of hydrogen-bond donors (Lipinski definition) is 2. The van der Waals surface area contributed by atoms with E-state index in [0.29, 0.717) is 11.4 Å². The molecule has 3 aromatic rings. The number of methoxy groups -OCH3 is 1. The lowest BCUT2D eigenvalue weighted by atomic mass is 9.99. The lowest BCUT2D eigenvalue weighted by Gasteiger charge is -2.19. The van der Waals surface area contributed by atoms with Crippen molar-refractivity contribution in [2.75, 3.05) is 12.4 Å². The Labute approximate surface area is 158 Å². The summed E-state index contributed by atoms with van der Waals surface area (Å²) >= 11 is 0. The Balaban J connectivity index is 1.77. The maximum atomic E-state index is 12.5. The van der Waals surface area contributed by atoms with E-state index in [-0.39, 0.29) is 0 Å². The summed E-state index contributed by atoms with van der Waals surface area (Å²) in [4.78, 5) is 24.9. The third-order valence-electron chi connectivity index (χ3n) is 4.08. The minimum absolute atomic E-state index is 0.420. The minimum Gasteiger partial charge on any atom is -0.497 e. The molecule has 2 amide bonds. The van der Waals surface area contributed by atoms with Crippen LogP contribution in [-0.4, -0.2) is 18.9 Å². The number of anilines is 1. The first-order valence-electron chi connectivity index (χ1n) is 8.53. The van der Waals surface area contributed by atoms with Crippen LogP contribution in [-0.2, 0) is 9.59 Å². The van der Waals surface area contributed by atoms with E-state index >= 15 is 0 Å². The molecule has 5 nitrogen and oxygen atoms in total. The van der Waals surface area contributed by atoms with Gasteiger partial charge in [0.25, 0.3) is 0 Å². The molecule has 5 heteroatoms. The van der Waals surface area contributed by atoms with Gasteiger partial charge in [0.05, 0.1) is 13.2 Å². The third-order valence-corrected chi connectivity index (χ3v) is 4.08. The second-order valence-corrected chi connectivity index (χ2v) is 5.91. The number of carbonyl (C=O) groups excluding carboxylic acids is 2. The summed E-state index contributed by atoms with van der Waals surface area (Å²) in [5.41, 5.74) is 2.28. The number of nitrogens with one attached hydrogen (secondary N) is 2. The average molecular weight is 360 g/mol. The summed E-state index contributed by atoms with van der Waals surface area (Å²) in [6, 6.07) is 25.5. The first-order valence-corrected chi connectivity index (χ1v) is 8.53. The van der Waals surface area contributed by atoms with Crippen LogP contribution in [0.15, 0.2) is 84.9 Å². The van der Waals surface area contributed by atoms with Gasteiger partial charge in [-0.15, -0.1) is 0 Å². The molecule has 0 atom stereocenters. The van der Waals surface area contributed by atoms with Crippen molar-refractivity contribution in [1.29, 1.82) is 0 Å². The number of carbonyl (C=O) groups is 2. The molecular formula is C22H20N2O3. The highest BCUT2D eigenvalue weighted by Crippen LogP contribution is 2.22. The van der Waals surface area contributed by atoms with Crippen LogP contribution in [0.1, 0.15) is 17.2 Å². The van der Waals surface area contributed by atoms with E-state index in [9.17, 15) is 9.59 Å². The molecule has 0 aromatic heterocycles. The van der Waals surface area contributed by atoms with Gasteiger partial charge in [0.1, 0.15) is 5.75 Å². The third kappa shape index (κ3) is 4.73. The highest BCUT2D eigenvalue weighted by molar-refractivity contribution is 6.39. The van der Waals surface area contributed by atoms with Gasteiger partial charge in [-0.1, -0.05) is 66.7 Å². The number of ether oxygens (including phenoxy) is 1. The zero-order valence-electron chi connectivity index (χ0n) is 14.9. The van der Waals surface area contributed by atoms with Crippen LogP contribution < -0.4 is 15.4 Å². The van der Waals surface area contributed by atoms with Gasteiger partial charge >= 0.3 is 11.8 Å². The molecule has 0 fully saturated rings. The number of hydrogen-bond acceptors (Lipinski definition) is 3. The quantitative estimate of drug-likeness (QED) is 0.684. The minimum atomic E-state index is -0.736. The Morgan fingerprint density at radius 3 is 1.93 bits per heavy atom. The van der Waals surface area contributed by atoms with Gasteiger partial charge in [-0.05, 0) is 23.3 Å². The van der Waals surface area contributed by atoms with Gasteiger partial charge in [-0.2, -0.15) is 0 Å². The second kappa shape index (κ2) is 8.67. The van der Waals surface area contributed by atoms with Crippen LogP contribution in [0.4, 0.5) is 5.69 Å². The Morgan fingerprint density at radius 2 is 1.37 bits per heavy atom. The van der Waals surface area contributed by atoms with E-state index in [0.717, 1.165) is 11.1 Å². The van der Waals surface area contributed by atoms with Crippen LogP contribution in [0.2, 0.25) is 0 Å². The summed E-state index contributed by atoms with van der Waals surface area (Å²) in [7, 11) is 1.54. The van der Waals surface area contributed by atoms with E-state index in [1.807, 2.05) is 60.7 Å². The van der Waals surface area contributed by atoms with E-state index in [4.69, 9.17) is 4.74 Å². The lowest BCUT2D eigenvalue weighted by molar-refractivity contribution is -0.136. The van der Waals surface area contributed by atoms with Crippen molar-refractivity contribution in [2.24, 2.45) is 0 Å². The molecule has 27 heavy (non-hydrogen) atoms. The molecule has 0 heterocycles. The molecule has 0 spiro atoms. The molecular weight excluding hydrogens is 340 g/mol. The van der Waals surface area contributed by atoms with Gasteiger partial charge in [0.15, 0.2) is 0 Å². The predicted molar refractivity (Wildman–Crippen MR) is 104 cm³/mol. The van der Waals surface area contributed by atoms with Crippen LogP contribution in [0, 0.1) is 0 Å². The zero-order valence-corrected chi connectivity index (χ0v) is 14.9. The molecule has 0 saturated heterocycles. The summed E-state index contributed by atoms with van der Waals surface area (Å²) in [5, 5.41) is 5.41. The molecule has 0 radical (unpaired) electrons. The Bertz CT molecular complexity index is 872. The standard InChI is InChI=1S/C22H20N2O3/c1-27-19-14-8-13-18(15-19)23-21(25)22(26)24-20(16-9-4-2-5-10-16)17-11-6-3-7-12-17/h2-15,20H,1H3,(H,23,25)(H,24,26). The normalized spacial score (nSPS) is 10.3. The van der Waals surface area contributed by atoms with Crippen LogP contribution in [0.5, 0.6) is 5.75 Å². The molecule has 0 aliphatic rings. The van der Waals surface area contributed by atoms with Crippen molar-refractivity contribution >= 4 is 17.5 Å². The van der Waals surface area contributed by atoms with E-state index in [1.54, 1.807) is 24.3 Å². The monoisotopic (exact) mass is 360 g/mol. The topological polar surface area (TPSA) is 67.4 Å². The van der Waals surface area contributed by atoms with Gasteiger partial charge < -0.3 is 15.4 Å². The summed E-state index contributed by atoms with van der Waals surface area (Å²) < 4.78 is 5.13. The van der Waals surface area contributed by atoms with Crippen LogP contribution in [0.3, 0.4) is 0 Å². The largest absolute Gasteiger partial charge is 0.497 e. The molecule has 3 rings (SSSR count). The molecule has 0 unspecified atom stereocenters. The first kappa shape index (κ1) is 18.2. The Hall–Kier alpha value is -3.60. The molecule has 136 valence electrons. The smallest absolute Gasteiger partial charge is 0.313 e.